The van der Waals surface area contributed by atoms with Crippen molar-refractivity contribution in [2.45, 2.75) is 37.6 Å². The van der Waals surface area contributed by atoms with Crippen molar-refractivity contribution in [2.24, 2.45) is 11.8 Å². The Balaban J connectivity index is 1.62. The summed E-state index contributed by atoms with van der Waals surface area (Å²) in [6.45, 7) is 4.83. The van der Waals surface area contributed by atoms with Gasteiger partial charge in [0, 0.05) is 24.0 Å². The van der Waals surface area contributed by atoms with Crippen LogP contribution in [0.3, 0.4) is 0 Å². The number of sulfonamides is 1. The van der Waals surface area contributed by atoms with E-state index in [1.54, 1.807) is 12.1 Å². The van der Waals surface area contributed by atoms with Gasteiger partial charge in [0.25, 0.3) is 0 Å². The largest absolute Gasteiger partial charge is 0.349 e. The summed E-state index contributed by atoms with van der Waals surface area (Å²) >= 11 is 5.86. The molecule has 0 aromatic heterocycles. The molecule has 1 amide bonds. The first kappa shape index (κ1) is 21.8. The maximum Gasteiger partial charge on any atom is 0.243 e. The minimum absolute atomic E-state index is 0.00362. The van der Waals surface area contributed by atoms with Crippen LogP contribution < -0.4 is 5.32 Å². The molecule has 0 aliphatic carbocycles. The van der Waals surface area contributed by atoms with E-state index < -0.39 is 10.0 Å². The lowest BCUT2D eigenvalue weighted by Gasteiger charge is -2.32. The van der Waals surface area contributed by atoms with Crippen LogP contribution in [0.5, 0.6) is 0 Å². The van der Waals surface area contributed by atoms with E-state index in [-0.39, 0.29) is 28.7 Å². The van der Waals surface area contributed by atoms with Crippen LogP contribution in [0, 0.1) is 11.8 Å². The first-order valence-electron chi connectivity index (χ1n) is 9.90. The molecule has 1 atom stereocenters. The van der Waals surface area contributed by atoms with Crippen molar-refractivity contribution in [3.8, 4) is 0 Å². The smallest absolute Gasteiger partial charge is 0.243 e. The molecule has 1 N–H and O–H groups in total. The van der Waals surface area contributed by atoms with Crippen LogP contribution in [0.25, 0.3) is 0 Å². The molecule has 1 saturated heterocycles. The Morgan fingerprint density at radius 3 is 2.17 bits per heavy atom. The predicted octanol–water partition coefficient (Wildman–Crippen LogP) is 4.25. The standard InChI is InChI=1S/C22H27ClN2O3S/c1-16(2)21(17-6-4-3-5-7-17)24-22(26)18-12-14-25(15-13-18)29(27,28)20-10-8-19(23)9-11-20/h3-11,16,18,21H,12-15H2,1-2H3,(H,24,26). The second kappa shape index (κ2) is 9.28. The van der Waals surface area contributed by atoms with Crippen molar-refractivity contribution in [3.05, 3.63) is 65.2 Å². The third-order valence-corrected chi connectivity index (χ3v) is 7.56. The highest BCUT2D eigenvalue weighted by Gasteiger charge is 2.33. The summed E-state index contributed by atoms with van der Waals surface area (Å²) in [6, 6.07) is 16.1. The SMILES string of the molecule is CC(C)C(NC(=O)C1CCN(S(=O)(=O)c2ccc(Cl)cc2)CC1)c1ccccc1. The van der Waals surface area contributed by atoms with Gasteiger partial charge in [-0.15, -0.1) is 0 Å². The van der Waals surface area contributed by atoms with Gasteiger partial charge in [-0.05, 0) is 48.6 Å². The third kappa shape index (κ3) is 5.18. The lowest BCUT2D eigenvalue weighted by molar-refractivity contribution is -0.127. The highest BCUT2D eigenvalue weighted by atomic mass is 35.5. The molecule has 7 heteroatoms. The predicted molar refractivity (Wildman–Crippen MR) is 115 cm³/mol. The molecule has 1 heterocycles. The van der Waals surface area contributed by atoms with Gasteiger partial charge in [-0.1, -0.05) is 55.8 Å². The Labute approximate surface area is 178 Å². The third-order valence-electron chi connectivity index (χ3n) is 5.40. The second-order valence-electron chi connectivity index (χ2n) is 7.77. The first-order chi connectivity index (χ1) is 13.8. The van der Waals surface area contributed by atoms with Crippen molar-refractivity contribution in [3.63, 3.8) is 0 Å². The van der Waals surface area contributed by atoms with Crippen molar-refractivity contribution < 1.29 is 13.2 Å². The summed E-state index contributed by atoms with van der Waals surface area (Å²) in [7, 11) is -3.56. The molecule has 0 saturated carbocycles. The first-order valence-corrected chi connectivity index (χ1v) is 11.7. The molecule has 0 radical (unpaired) electrons. The molecule has 1 fully saturated rings. The monoisotopic (exact) mass is 434 g/mol. The number of amides is 1. The average molecular weight is 435 g/mol. The molecule has 1 unspecified atom stereocenters. The zero-order valence-corrected chi connectivity index (χ0v) is 18.3. The van der Waals surface area contributed by atoms with Crippen LogP contribution in [0.1, 0.15) is 38.3 Å². The molecule has 2 aromatic rings. The highest BCUT2D eigenvalue weighted by molar-refractivity contribution is 7.89. The minimum Gasteiger partial charge on any atom is -0.349 e. The van der Waals surface area contributed by atoms with Gasteiger partial charge in [0.05, 0.1) is 10.9 Å². The van der Waals surface area contributed by atoms with E-state index in [0.29, 0.717) is 31.0 Å². The second-order valence-corrected chi connectivity index (χ2v) is 10.1. The summed E-state index contributed by atoms with van der Waals surface area (Å²) in [5.41, 5.74) is 1.08. The lowest BCUT2D eigenvalue weighted by Crippen LogP contribution is -2.44. The van der Waals surface area contributed by atoms with Crippen molar-refractivity contribution >= 4 is 27.5 Å². The maximum absolute atomic E-state index is 12.9. The summed E-state index contributed by atoms with van der Waals surface area (Å²) in [5, 5.41) is 3.67. The Morgan fingerprint density at radius 2 is 1.62 bits per heavy atom. The van der Waals surface area contributed by atoms with Gasteiger partial charge in [0.1, 0.15) is 0 Å². The Hall–Kier alpha value is -1.89. The summed E-state index contributed by atoms with van der Waals surface area (Å²) in [6.07, 6.45) is 1.02. The number of nitrogens with zero attached hydrogens (tertiary/aromatic N) is 1. The van der Waals surface area contributed by atoms with E-state index in [4.69, 9.17) is 11.6 Å². The van der Waals surface area contributed by atoms with Crippen LogP contribution >= 0.6 is 11.6 Å². The topological polar surface area (TPSA) is 66.5 Å². The van der Waals surface area contributed by atoms with Gasteiger partial charge in [-0.2, -0.15) is 4.31 Å². The molecular formula is C22H27ClN2O3S. The summed E-state index contributed by atoms with van der Waals surface area (Å²) < 4.78 is 27.1. The van der Waals surface area contributed by atoms with E-state index in [1.807, 2.05) is 30.3 Å². The van der Waals surface area contributed by atoms with E-state index >= 15 is 0 Å². The molecule has 1 aliphatic heterocycles. The quantitative estimate of drug-likeness (QED) is 0.738. The van der Waals surface area contributed by atoms with Gasteiger partial charge in [0.15, 0.2) is 0 Å². The number of hydrogen-bond donors (Lipinski definition) is 1. The maximum atomic E-state index is 12.9. The number of rotatable bonds is 6. The van der Waals surface area contributed by atoms with Gasteiger partial charge in [-0.25, -0.2) is 8.42 Å². The van der Waals surface area contributed by atoms with Gasteiger partial charge in [-0.3, -0.25) is 4.79 Å². The Morgan fingerprint density at radius 1 is 1.03 bits per heavy atom. The summed E-state index contributed by atoms with van der Waals surface area (Å²) in [5.74, 6) is 0.0689. The number of carbonyl (C=O) groups is 1. The Kier molecular flexibility index (Phi) is 6.98. The number of benzene rings is 2. The normalized spacial score (nSPS) is 17.2. The molecular weight excluding hydrogens is 408 g/mol. The number of halogens is 1. The molecule has 29 heavy (non-hydrogen) atoms. The number of carbonyl (C=O) groups excluding carboxylic acids is 1. The van der Waals surface area contributed by atoms with Crippen molar-refractivity contribution in [1.82, 2.24) is 9.62 Å². The van der Waals surface area contributed by atoms with Crippen LogP contribution in [0.2, 0.25) is 5.02 Å². The Bertz CT molecular complexity index is 922. The van der Waals surface area contributed by atoms with E-state index in [0.717, 1.165) is 5.56 Å². The fourth-order valence-electron chi connectivity index (χ4n) is 3.68. The van der Waals surface area contributed by atoms with E-state index in [2.05, 4.69) is 19.2 Å². The molecule has 156 valence electrons. The average Bonchev–Trinajstić information content (AvgIpc) is 2.72. The van der Waals surface area contributed by atoms with Crippen LogP contribution in [0.4, 0.5) is 0 Å². The molecule has 3 rings (SSSR count). The van der Waals surface area contributed by atoms with Crippen LogP contribution in [0.15, 0.2) is 59.5 Å². The molecule has 0 bridgehead atoms. The zero-order valence-electron chi connectivity index (χ0n) is 16.7. The van der Waals surface area contributed by atoms with Crippen LogP contribution in [-0.2, 0) is 14.8 Å². The molecule has 5 nitrogen and oxygen atoms in total. The van der Waals surface area contributed by atoms with Crippen molar-refractivity contribution in [1.29, 1.82) is 0 Å². The molecule has 1 aliphatic rings. The fourth-order valence-corrected chi connectivity index (χ4v) is 5.28. The van der Waals surface area contributed by atoms with E-state index in [9.17, 15) is 13.2 Å². The van der Waals surface area contributed by atoms with Crippen LogP contribution in [-0.4, -0.2) is 31.7 Å². The van der Waals surface area contributed by atoms with Crippen molar-refractivity contribution in [2.75, 3.05) is 13.1 Å². The fraction of sp³-hybridized carbons (Fsp3) is 0.409. The van der Waals surface area contributed by atoms with Gasteiger partial charge in [0.2, 0.25) is 15.9 Å². The number of hydrogen-bond acceptors (Lipinski definition) is 3. The molecule has 0 spiro atoms. The number of piperidine rings is 1. The lowest BCUT2D eigenvalue weighted by atomic mass is 9.93. The highest BCUT2D eigenvalue weighted by Crippen LogP contribution is 2.27. The summed E-state index contributed by atoms with van der Waals surface area (Å²) in [4.78, 5) is 13.1. The number of nitrogens with one attached hydrogen (secondary N) is 1. The molecule has 2 aromatic carbocycles. The van der Waals surface area contributed by atoms with Gasteiger partial charge < -0.3 is 5.32 Å². The minimum atomic E-state index is -3.56. The van der Waals surface area contributed by atoms with Gasteiger partial charge >= 0.3 is 0 Å². The zero-order chi connectivity index (χ0) is 21.0. The van der Waals surface area contributed by atoms with E-state index in [1.165, 1.54) is 16.4 Å².